The van der Waals surface area contributed by atoms with E-state index in [1.807, 2.05) is 30.3 Å². The second-order valence-corrected chi connectivity index (χ2v) is 5.58. The number of nitrogens with one attached hydrogen (secondary N) is 2. The van der Waals surface area contributed by atoms with E-state index in [9.17, 15) is 9.59 Å². The van der Waals surface area contributed by atoms with Gasteiger partial charge in [0.05, 0.1) is 5.56 Å². The zero-order valence-electron chi connectivity index (χ0n) is 11.8. The van der Waals surface area contributed by atoms with E-state index < -0.39 is 11.7 Å². The van der Waals surface area contributed by atoms with Crippen LogP contribution in [0.3, 0.4) is 0 Å². The summed E-state index contributed by atoms with van der Waals surface area (Å²) in [6.45, 7) is 0. The Hall–Kier alpha value is -2.92. The van der Waals surface area contributed by atoms with Gasteiger partial charge in [0.25, 0.3) is 11.7 Å². The molecule has 0 atom stereocenters. The van der Waals surface area contributed by atoms with Gasteiger partial charge in [-0.2, -0.15) is 0 Å². The lowest BCUT2D eigenvalue weighted by Crippen LogP contribution is -2.12. The van der Waals surface area contributed by atoms with Gasteiger partial charge in [0.2, 0.25) is 0 Å². The normalized spacial score (nSPS) is 13.1. The van der Waals surface area contributed by atoms with Crippen molar-refractivity contribution < 1.29 is 9.59 Å². The molecule has 0 radical (unpaired) electrons. The molecule has 2 N–H and O–H groups in total. The molecule has 0 saturated heterocycles. The van der Waals surface area contributed by atoms with Gasteiger partial charge in [0.1, 0.15) is 11.6 Å². The van der Waals surface area contributed by atoms with Crippen LogP contribution in [0.2, 0.25) is 5.02 Å². The minimum Gasteiger partial charge on any atom is -0.340 e. The van der Waals surface area contributed by atoms with E-state index >= 15 is 0 Å². The van der Waals surface area contributed by atoms with Gasteiger partial charge < -0.3 is 10.6 Å². The molecule has 6 heteroatoms. The SMILES string of the molecule is O=C1Nc2nc(Nc3cccc(Cl)c3)c3ccccc3c2C1=O. The molecule has 1 amide bonds. The number of carbonyl (C=O) groups is 2. The first kappa shape index (κ1) is 13.7. The lowest BCUT2D eigenvalue weighted by molar-refractivity contribution is -0.112. The topological polar surface area (TPSA) is 71.1 Å². The van der Waals surface area contributed by atoms with E-state index in [1.165, 1.54) is 0 Å². The van der Waals surface area contributed by atoms with E-state index in [2.05, 4.69) is 15.6 Å². The third kappa shape index (κ3) is 2.22. The summed E-state index contributed by atoms with van der Waals surface area (Å²) in [5, 5.41) is 7.75. The molecule has 0 saturated carbocycles. The summed E-state index contributed by atoms with van der Waals surface area (Å²) in [6, 6.07) is 14.6. The van der Waals surface area contributed by atoms with Crippen molar-refractivity contribution in [1.29, 1.82) is 0 Å². The van der Waals surface area contributed by atoms with Gasteiger partial charge in [-0.3, -0.25) is 9.59 Å². The van der Waals surface area contributed by atoms with Gasteiger partial charge in [-0.1, -0.05) is 41.9 Å². The van der Waals surface area contributed by atoms with Crippen LogP contribution in [0.15, 0.2) is 48.5 Å². The second-order valence-electron chi connectivity index (χ2n) is 5.15. The Morgan fingerprint density at radius 1 is 1.00 bits per heavy atom. The molecule has 112 valence electrons. The number of Topliss-reactive ketones (excluding diaryl/α,β-unsaturated/α-hetero) is 1. The summed E-state index contributed by atoms with van der Waals surface area (Å²) in [6.07, 6.45) is 0. The molecule has 0 aliphatic carbocycles. The Morgan fingerprint density at radius 3 is 2.57 bits per heavy atom. The number of rotatable bonds is 2. The van der Waals surface area contributed by atoms with E-state index in [0.29, 0.717) is 21.8 Å². The predicted octanol–water partition coefficient (Wildman–Crippen LogP) is 3.77. The van der Waals surface area contributed by atoms with Gasteiger partial charge in [-0.15, -0.1) is 0 Å². The number of pyridine rings is 1. The highest BCUT2D eigenvalue weighted by molar-refractivity contribution is 6.53. The van der Waals surface area contributed by atoms with Crippen molar-refractivity contribution in [3.8, 4) is 0 Å². The largest absolute Gasteiger partial charge is 0.340 e. The zero-order chi connectivity index (χ0) is 16.0. The quantitative estimate of drug-likeness (QED) is 0.704. The van der Waals surface area contributed by atoms with Crippen LogP contribution in [-0.4, -0.2) is 16.7 Å². The molecule has 1 aliphatic heterocycles. The number of hydrogen-bond acceptors (Lipinski definition) is 4. The van der Waals surface area contributed by atoms with Crippen molar-refractivity contribution in [1.82, 2.24) is 4.98 Å². The molecule has 23 heavy (non-hydrogen) atoms. The number of benzene rings is 2. The minimum absolute atomic E-state index is 0.281. The number of fused-ring (bicyclic) bond motifs is 3. The van der Waals surface area contributed by atoms with Crippen LogP contribution in [0.25, 0.3) is 10.8 Å². The first-order chi connectivity index (χ1) is 11.1. The van der Waals surface area contributed by atoms with E-state index in [1.54, 1.807) is 18.2 Å². The Balaban J connectivity index is 1.92. The highest BCUT2D eigenvalue weighted by atomic mass is 35.5. The second kappa shape index (κ2) is 5.07. The number of anilines is 3. The number of nitrogens with zero attached hydrogens (tertiary/aromatic N) is 1. The Bertz CT molecular complexity index is 985. The van der Waals surface area contributed by atoms with E-state index in [4.69, 9.17) is 11.6 Å². The molecule has 1 aliphatic rings. The Labute approximate surface area is 136 Å². The molecule has 3 aromatic rings. The summed E-state index contributed by atoms with van der Waals surface area (Å²) in [5.41, 5.74) is 1.09. The zero-order valence-corrected chi connectivity index (χ0v) is 12.5. The summed E-state index contributed by atoms with van der Waals surface area (Å²) in [5.74, 6) is -0.379. The van der Waals surface area contributed by atoms with Crippen LogP contribution >= 0.6 is 11.6 Å². The molecule has 0 fully saturated rings. The molecule has 0 spiro atoms. The van der Waals surface area contributed by atoms with E-state index in [-0.39, 0.29) is 5.82 Å². The van der Waals surface area contributed by atoms with Gasteiger partial charge in [-0.05, 0) is 18.2 Å². The van der Waals surface area contributed by atoms with E-state index in [0.717, 1.165) is 11.1 Å². The van der Waals surface area contributed by atoms with Crippen molar-refractivity contribution in [2.75, 3.05) is 10.6 Å². The van der Waals surface area contributed by atoms with Gasteiger partial charge in [0, 0.05) is 21.5 Å². The fourth-order valence-corrected chi connectivity index (χ4v) is 2.85. The van der Waals surface area contributed by atoms with Crippen LogP contribution in [0, 0.1) is 0 Å². The lowest BCUT2D eigenvalue weighted by Gasteiger charge is -2.11. The average Bonchev–Trinajstić information content (AvgIpc) is 2.82. The maximum Gasteiger partial charge on any atom is 0.298 e. The van der Waals surface area contributed by atoms with Gasteiger partial charge in [-0.25, -0.2) is 4.98 Å². The van der Waals surface area contributed by atoms with Crippen molar-refractivity contribution >= 4 is 51.4 Å². The van der Waals surface area contributed by atoms with Crippen molar-refractivity contribution in [3.63, 3.8) is 0 Å². The summed E-state index contributed by atoms with van der Waals surface area (Å²) in [7, 11) is 0. The van der Waals surface area contributed by atoms with Crippen molar-refractivity contribution in [3.05, 3.63) is 59.1 Å². The molecule has 2 heterocycles. The van der Waals surface area contributed by atoms with Crippen LogP contribution < -0.4 is 10.6 Å². The minimum atomic E-state index is -0.655. The molecule has 4 rings (SSSR count). The fourth-order valence-electron chi connectivity index (χ4n) is 2.66. The highest BCUT2D eigenvalue weighted by Gasteiger charge is 2.32. The maximum atomic E-state index is 12.0. The lowest BCUT2D eigenvalue weighted by atomic mass is 10.0. The van der Waals surface area contributed by atoms with Crippen LogP contribution in [0.4, 0.5) is 17.3 Å². The Morgan fingerprint density at radius 2 is 1.78 bits per heavy atom. The Kier molecular flexibility index (Phi) is 3.02. The fraction of sp³-hybridized carbons (Fsp3) is 0. The van der Waals surface area contributed by atoms with Crippen LogP contribution in [-0.2, 0) is 4.79 Å². The van der Waals surface area contributed by atoms with Gasteiger partial charge in [0.15, 0.2) is 0 Å². The maximum absolute atomic E-state index is 12.0. The molecule has 0 bridgehead atoms. The first-order valence-corrected chi connectivity index (χ1v) is 7.32. The van der Waals surface area contributed by atoms with Crippen LogP contribution in [0.5, 0.6) is 0 Å². The smallest absolute Gasteiger partial charge is 0.298 e. The third-order valence-electron chi connectivity index (χ3n) is 3.66. The number of hydrogen-bond donors (Lipinski definition) is 2. The summed E-state index contributed by atoms with van der Waals surface area (Å²) < 4.78 is 0. The molecule has 5 nitrogen and oxygen atoms in total. The number of halogens is 1. The first-order valence-electron chi connectivity index (χ1n) is 6.94. The average molecular weight is 324 g/mol. The summed E-state index contributed by atoms with van der Waals surface area (Å²) >= 11 is 6.00. The predicted molar refractivity (Wildman–Crippen MR) is 89.4 cm³/mol. The standard InChI is InChI=1S/C17H10ClN3O2/c18-9-4-3-5-10(8-9)19-15-12-7-2-1-6-11(12)13-14(22)17(23)21-16(13)20-15/h1-8H,(H2,19,20,21,22,23). The molecular formula is C17H10ClN3O2. The third-order valence-corrected chi connectivity index (χ3v) is 3.90. The number of carbonyl (C=O) groups excluding carboxylic acids is 2. The van der Waals surface area contributed by atoms with Crippen molar-refractivity contribution in [2.24, 2.45) is 0 Å². The molecule has 0 unspecified atom stereocenters. The number of ketones is 1. The highest BCUT2D eigenvalue weighted by Crippen LogP contribution is 2.34. The monoisotopic (exact) mass is 323 g/mol. The number of aromatic nitrogens is 1. The molecule has 1 aromatic heterocycles. The van der Waals surface area contributed by atoms with Crippen LogP contribution in [0.1, 0.15) is 10.4 Å². The number of amides is 1. The van der Waals surface area contributed by atoms with Gasteiger partial charge >= 0.3 is 0 Å². The van der Waals surface area contributed by atoms with Crippen molar-refractivity contribution in [2.45, 2.75) is 0 Å². The molecule has 2 aromatic carbocycles. The summed E-state index contributed by atoms with van der Waals surface area (Å²) in [4.78, 5) is 28.1. The molecular weight excluding hydrogens is 314 g/mol.